The van der Waals surface area contributed by atoms with E-state index in [0.717, 1.165) is 6.20 Å². The lowest BCUT2D eigenvalue weighted by atomic mass is 10.2. The van der Waals surface area contributed by atoms with Gasteiger partial charge in [-0.2, -0.15) is 0 Å². The summed E-state index contributed by atoms with van der Waals surface area (Å²) in [4.78, 5) is 7.56. The summed E-state index contributed by atoms with van der Waals surface area (Å²) in [6.45, 7) is 0. The lowest BCUT2D eigenvalue weighted by Crippen LogP contribution is -1.94. The van der Waals surface area contributed by atoms with E-state index in [-0.39, 0.29) is 0 Å². The van der Waals surface area contributed by atoms with Gasteiger partial charge in [0.15, 0.2) is 17.3 Å². The van der Waals surface area contributed by atoms with Gasteiger partial charge in [0.25, 0.3) is 0 Å². The van der Waals surface area contributed by atoms with Gasteiger partial charge in [0.05, 0.1) is 24.2 Å². The first-order valence-corrected chi connectivity index (χ1v) is 5.09. The second-order valence-electron chi connectivity index (χ2n) is 3.30. The highest BCUT2D eigenvalue weighted by molar-refractivity contribution is 6.29. The topological polar surface area (TPSA) is 56.0 Å². The maximum absolute atomic E-state index is 13.6. The van der Waals surface area contributed by atoms with Gasteiger partial charge in [0.2, 0.25) is 0 Å². The third-order valence-electron chi connectivity index (χ3n) is 2.29. The molecule has 0 unspecified atom stereocenters. The number of nitrogens with zero attached hydrogens (tertiary/aromatic N) is 5. The Kier molecular flexibility index (Phi) is 2.22. The van der Waals surface area contributed by atoms with Crippen LogP contribution >= 0.6 is 11.6 Å². The Morgan fingerprint density at radius 3 is 2.82 bits per heavy atom. The minimum absolute atomic E-state index is 0.292. The molecule has 0 atom stereocenters. The molecule has 0 aromatic carbocycles. The molecule has 0 amide bonds. The van der Waals surface area contributed by atoms with Gasteiger partial charge in [0.1, 0.15) is 5.15 Å². The van der Waals surface area contributed by atoms with Crippen LogP contribution in [0.2, 0.25) is 5.15 Å². The molecule has 0 saturated carbocycles. The summed E-state index contributed by atoms with van der Waals surface area (Å²) >= 11 is 5.99. The zero-order valence-electron chi connectivity index (χ0n) is 8.38. The number of halogens is 2. The van der Waals surface area contributed by atoms with E-state index < -0.39 is 5.82 Å². The standard InChI is InChI=1S/C10H5ClFN5/c11-8-4-14-5-9-15-16-10(17(8)9)6-1-2-13-3-7(6)12/h1-5H. The molecule has 3 aromatic heterocycles. The monoisotopic (exact) mass is 249 g/mol. The maximum Gasteiger partial charge on any atom is 0.180 e. The second kappa shape index (κ2) is 3.74. The Hall–Kier alpha value is -2.08. The van der Waals surface area contributed by atoms with Gasteiger partial charge < -0.3 is 0 Å². The highest BCUT2D eigenvalue weighted by Gasteiger charge is 2.14. The molecule has 5 nitrogen and oxygen atoms in total. The molecule has 0 aliphatic rings. The van der Waals surface area contributed by atoms with Crippen LogP contribution in [0.15, 0.2) is 30.9 Å². The molecule has 0 bridgehead atoms. The summed E-state index contributed by atoms with van der Waals surface area (Å²) in [6.07, 6.45) is 5.54. The molecule has 0 saturated heterocycles. The highest BCUT2D eigenvalue weighted by Crippen LogP contribution is 2.23. The minimum Gasteiger partial charge on any atom is -0.262 e. The van der Waals surface area contributed by atoms with Crippen molar-refractivity contribution in [1.29, 1.82) is 0 Å². The van der Waals surface area contributed by atoms with Crippen molar-refractivity contribution in [3.05, 3.63) is 41.8 Å². The molecule has 3 aromatic rings. The molecule has 3 heterocycles. The molecule has 84 valence electrons. The van der Waals surface area contributed by atoms with E-state index >= 15 is 0 Å². The van der Waals surface area contributed by atoms with Gasteiger partial charge in [-0.1, -0.05) is 11.6 Å². The van der Waals surface area contributed by atoms with E-state index in [2.05, 4.69) is 20.2 Å². The van der Waals surface area contributed by atoms with E-state index in [9.17, 15) is 4.39 Å². The summed E-state index contributed by atoms with van der Waals surface area (Å²) in [6, 6.07) is 1.52. The zero-order valence-corrected chi connectivity index (χ0v) is 9.13. The lowest BCUT2D eigenvalue weighted by Gasteiger charge is -2.02. The van der Waals surface area contributed by atoms with Crippen LogP contribution in [0.3, 0.4) is 0 Å². The average molecular weight is 250 g/mol. The number of rotatable bonds is 1. The number of hydrogen-bond donors (Lipinski definition) is 0. The predicted octanol–water partition coefficient (Wildman–Crippen LogP) is 1.98. The molecule has 7 heteroatoms. The third-order valence-corrected chi connectivity index (χ3v) is 2.55. The normalized spacial score (nSPS) is 10.9. The fourth-order valence-corrected chi connectivity index (χ4v) is 1.77. The van der Waals surface area contributed by atoms with Crippen molar-refractivity contribution >= 4 is 17.2 Å². The minimum atomic E-state index is -0.477. The Balaban J connectivity index is 2.36. The first-order chi connectivity index (χ1) is 8.27. The Morgan fingerprint density at radius 1 is 1.12 bits per heavy atom. The maximum atomic E-state index is 13.6. The van der Waals surface area contributed by atoms with Gasteiger partial charge in [-0.15, -0.1) is 10.2 Å². The van der Waals surface area contributed by atoms with E-state index in [0.29, 0.717) is 22.2 Å². The fraction of sp³-hybridized carbons (Fsp3) is 0. The smallest absolute Gasteiger partial charge is 0.180 e. The molecular formula is C10H5ClFN5. The third kappa shape index (κ3) is 1.53. The molecule has 0 aliphatic carbocycles. The number of hydrogen-bond acceptors (Lipinski definition) is 4. The van der Waals surface area contributed by atoms with Gasteiger partial charge in [-0.25, -0.2) is 4.39 Å². The van der Waals surface area contributed by atoms with Crippen molar-refractivity contribution in [1.82, 2.24) is 24.6 Å². The molecule has 3 rings (SSSR count). The second-order valence-corrected chi connectivity index (χ2v) is 3.69. The SMILES string of the molecule is Fc1cnccc1-c1nnc2cncc(Cl)n12. The predicted molar refractivity (Wildman–Crippen MR) is 59.0 cm³/mol. The van der Waals surface area contributed by atoms with Crippen molar-refractivity contribution in [3.8, 4) is 11.4 Å². The van der Waals surface area contributed by atoms with E-state index in [1.165, 1.54) is 29.1 Å². The van der Waals surface area contributed by atoms with Crippen molar-refractivity contribution in [2.75, 3.05) is 0 Å². The van der Waals surface area contributed by atoms with Crippen molar-refractivity contribution in [2.45, 2.75) is 0 Å². The molecule has 0 radical (unpaired) electrons. The van der Waals surface area contributed by atoms with Crippen LogP contribution in [-0.2, 0) is 0 Å². The Morgan fingerprint density at radius 2 is 2.00 bits per heavy atom. The Bertz CT molecular complexity index is 696. The first kappa shape index (κ1) is 10.1. The average Bonchev–Trinajstić information content (AvgIpc) is 2.75. The lowest BCUT2D eigenvalue weighted by molar-refractivity contribution is 0.623. The quantitative estimate of drug-likeness (QED) is 0.662. The molecule has 0 N–H and O–H groups in total. The summed E-state index contributed by atoms with van der Waals surface area (Å²) in [5, 5.41) is 8.10. The molecule has 0 aliphatic heterocycles. The van der Waals surface area contributed by atoms with Crippen LogP contribution in [0.25, 0.3) is 17.0 Å². The van der Waals surface area contributed by atoms with Crippen molar-refractivity contribution in [2.24, 2.45) is 0 Å². The van der Waals surface area contributed by atoms with Gasteiger partial charge in [0, 0.05) is 6.20 Å². The van der Waals surface area contributed by atoms with Crippen molar-refractivity contribution < 1.29 is 4.39 Å². The van der Waals surface area contributed by atoms with Gasteiger partial charge >= 0.3 is 0 Å². The van der Waals surface area contributed by atoms with Crippen LogP contribution in [0.5, 0.6) is 0 Å². The van der Waals surface area contributed by atoms with Crippen LogP contribution in [0, 0.1) is 5.82 Å². The molecule has 0 fully saturated rings. The number of aromatic nitrogens is 5. The summed E-state index contributed by atoms with van der Waals surface area (Å²) in [5.74, 6) is -0.151. The first-order valence-electron chi connectivity index (χ1n) is 4.72. The molecule has 17 heavy (non-hydrogen) atoms. The van der Waals surface area contributed by atoms with E-state index in [1.807, 2.05) is 0 Å². The van der Waals surface area contributed by atoms with Gasteiger partial charge in [-0.3, -0.25) is 14.4 Å². The summed E-state index contributed by atoms with van der Waals surface area (Å²) < 4.78 is 15.1. The number of pyridine rings is 1. The van der Waals surface area contributed by atoms with E-state index in [1.54, 1.807) is 0 Å². The van der Waals surface area contributed by atoms with Crippen LogP contribution in [-0.4, -0.2) is 24.6 Å². The molecule has 0 spiro atoms. The summed E-state index contributed by atoms with van der Waals surface area (Å²) in [7, 11) is 0. The fourth-order valence-electron chi connectivity index (χ4n) is 1.54. The summed E-state index contributed by atoms with van der Waals surface area (Å²) in [5.41, 5.74) is 0.754. The van der Waals surface area contributed by atoms with Crippen LogP contribution in [0.1, 0.15) is 0 Å². The number of fused-ring (bicyclic) bond motifs is 1. The largest absolute Gasteiger partial charge is 0.262 e. The van der Waals surface area contributed by atoms with Crippen molar-refractivity contribution in [3.63, 3.8) is 0 Å². The van der Waals surface area contributed by atoms with E-state index in [4.69, 9.17) is 11.6 Å². The van der Waals surface area contributed by atoms with Crippen LogP contribution in [0.4, 0.5) is 4.39 Å². The van der Waals surface area contributed by atoms with Crippen LogP contribution < -0.4 is 0 Å². The zero-order chi connectivity index (χ0) is 11.8. The van der Waals surface area contributed by atoms with Gasteiger partial charge in [-0.05, 0) is 6.07 Å². The Labute approximate surface area is 99.9 Å². The highest BCUT2D eigenvalue weighted by atomic mass is 35.5. The molecular weight excluding hydrogens is 245 g/mol.